The third kappa shape index (κ3) is 1.79. The first-order chi connectivity index (χ1) is 8.79. The number of ether oxygens (including phenoxy) is 1. The van der Waals surface area contributed by atoms with Crippen LogP contribution in [0.4, 0.5) is 0 Å². The van der Waals surface area contributed by atoms with Crippen molar-refractivity contribution in [1.82, 2.24) is 5.32 Å². The van der Waals surface area contributed by atoms with E-state index in [9.17, 15) is 0 Å². The number of hydrogen-bond donors (Lipinski definition) is 1. The Morgan fingerprint density at radius 1 is 1.17 bits per heavy atom. The molecule has 1 unspecified atom stereocenters. The number of methoxy groups -OCH3 is 1. The summed E-state index contributed by atoms with van der Waals surface area (Å²) in [5.41, 5.74) is 4.54. The Morgan fingerprint density at radius 3 is 2.56 bits per heavy atom. The van der Waals surface area contributed by atoms with Crippen molar-refractivity contribution in [1.29, 1.82) is 0 Å². The molecule has 0 spiro atoms. The molecule has 1 atom stereocenters. The maximum absolute atomic E-state index is 5.84. The summed E-state index contributed by atoms with van der Waals surface area (Å²) in [7, 11) is 3.91. The number of benzene rings is 1. The number of nitrogens with one attached hydrogen (secondary N) is 1. The molecule has 2 aliphatic rings. The first kappa shape index (κ1) is 12.2. The predicted molar refractivity (Wildman–Crippen MR) is 73.9 cm³/mol. The second-order valence-electron chi connectivity index (χ2n) is 5.73. The number of rotatable bonds is 4. The monoisotopic (exact) mass is 245 g/mol. The van der Waals surface area contributed by atoms with Gasteiger partial charge in [-0.25, -0.2) is 0 Å². The van der Waals surface area contributed by atoms with Crippen molar-refractivity contribution in [2.45, 2.75) is 50.2 Å². The molecule has 1 fully saturated rings. The zero-order valence-electron chi connectivity index (χ0n) is 11.5. The van der Waals surface area contributed by atoms with Crippen LogP contribution in [-0.2, 0) is 17.6 Å². The van der Waals surface area contributed by atoms with E-state index in [4.69, 9.17) is 4.74 Å². The zero-order valence-corrected chi connectivity index (χ0v) is 11.5. The van der Waals surface area contributed by atoms with Gasteiger partial charge in [0.05, 0.1) is 11.6 Å². The van der Waals surface area contributed by atoms with Gasteiger partial charge in [0, 0.05) is 7.11 Å². The molecule has 0 bridgehead atoms. The van der Waals surface area contributed by atoms with Gasteiger partial charge in [0.2, 0.25) is 0 Å². The van der Waals surface area contributed by atoms with Crippen molar-refractivity contribution in [3.05, 3.63) is 34.9 Å². The minimum Gasteiger partial charge on any atom is -0.376 e. The molecular formula is C16H23NO. The molecule has 18 heavy (non-hydrogen) atoms. The van der Waals surface area contributed by atoms with E-state index in [2.05, 4.69) is 30.6 Å². The first-order valence-electron chi connectivity index (χ1n) is 7.13. The topological polar surface area (TPSA) is 21.3 Å². The molecule has 2 nitrogen and oxygen atoms in total. The lowest BCUT2D eigenvalue weighted by Crippen LogP contribution is -2.49. The highest BCUT2D eigenvalue weighted by Crippen LogP contribution is 2.45. The second-order valence-corrected chi connectivity index (χ2v) is 5.73. The van der Waals surface area contributed by atoms with Crippen LogP contribution in [0, 0.1) is 0 Å². The maximum Gasteiger partial charge on any atom is 0.0872 e. The molecule has 1 saturated carbocycles. The van der Waals surface area contributed by atoms with Crippen molar-refractivity contribution in [2.24, 2.45) is 0 Å². The van der Waals surface area contributed by atoms with Crippen LogP contribution in [0.1, 0.15) is 48.4 Å². The van der Waals surface area contributed by atoms with Crippen LogP contribution in [-0.4, -0.2) is 19.8 Å². The Hall–Kier alpha value is -0.860. The first-order valence-corrected chi connectivity index (χ1v) is 7.13. The predicted octanol–water partition coefficient (Wildman–Crippen LogP) is 3.00. The van der Waals surface area contributed by atoms with Gasteiger partial charge in [-0.05, 0) is 62.3 Å². The van der Waals surface area contributed by atoms with Crippen LogP contribution in [0.2, 0.25) is 0 Å². The van der Waals surface area contributed by atoms with Crippen molar-refractivity contribution >= 4 is 0 Å². The molecule has 0 heterocycles. The van der Waals surface area contributed by atoms with Crippen LogP contribution in [0.25, 0.3) is 0 Å². The van der Waals surface area contributed by atoms with Crippen LogP contribution < -0.4 is 5.32 Å². The van der Waals surface area contributed by atoms with Gasteiger partial charge in [0.15, 0.2) is 0 Å². The highest BCUT2D eigenvalue weighted by Gasteiger charge is 2.44. The Bertz CT molecular complexity index is 431. The van der Waals surface area contributed by atoms with E-state index >= 15 is 0 Å². The second kappa shape index (κ2) is 4.67. The standard InChI is InChI=1S/C16H23NO/c1-17-15(16(18-2)9-4-10-16)14-8-7-12-5-3-6-13(12)11-14/h7-8,11,15,17H,3-6,9-10H2,1-2H3. The van der Waals surface area contributed by atoms with E-state index in [-0.39, 0.29) is 5.60 Å². The van der Waals surface area contributed by atoms with E-state index in [0.29, 0.717) is 6.04 Å². The molecule has 0 aromatic heterocycles. The fourth-order valence-corrected chi connectivity index (χ4v) is 3.64. The summed E-state index contributed by atoms with van der Waals surface area (Å²) < 4.78 is 5.84. The van der Waals surface area contributed by atoms with Gasteiger partial charge >= 0.3 is 0 Å². The van der Waals surface area contributed by atoms with Gasteiger partial charge in [-0.1, -0.05) is 18.2 Å². The highest BCUT2D eigenvalue weighted by molar-refractivity contribution is 5.37. The van der Waals surface area contributed by atoms with Crippen LogP contribution in [0.15, 0.2) is 18.2 Å². The van der Waals surface area contributed by atoms with Gasteiger partial charge in [-0.3, -0.25) is 0 Å². The maximum atomic E-state index is 5.84. The summed E-state index contributed by atoms with van der Waals surface area (Å²) in [4.78, 5) is 0. The summed E-state index contributed by atoms with van der Waals surface area (Å²) in [6.45, 7) is 0. The average molecular weight is 245 g/mol. The summed E-state index contributed by atoms with van der Waals surface area (Å²) in [5.74, 6) is 0. The van der Waals surface area contributed by atoms with Gasteiger partial charge in [0.1, 0.15) is 0 Å². The summed E-state index contributed by atoms with van der Waals surface area (Å²) >= 11 is 0. The molecule has 1 aromatic rings. The van der Waals surface area contributed by atoms with E-state index in [1.165, 1.54) is 44.1 Å². The van der Waals surface area contributed by atoms with E-state index in [1.54, 1.807) is 11.1 Å². The third-order valence-corrected chi connectivity index (χ3v) is 4.88. The molecule has 98 valence electrons. The molecule has 0 aliphatic heterocycles. The third-order valence-electron chi connectivity index (χ3n) is 4.88. The van der Waals surface area contributed by atoms with Gasteiger partial charge < -0.3 is 10.1 Å². The van der Waals surface area contributed by atoms with E-state index in [0.717, 1.165) is 0 Å². The quantitative estimate of drug-likeness (QED) is 0.880. The van der Waals surface area contributed by atoms with Crippen LogP contribution in [0.5, 0.6) is 0 Å². The average Bonchev–Trinajstić information content (AvgIpc) is 2.80. The minimum absolute atomic E-state index is 0.0294. The molecule has 0 saturated heterocycles. The van der Waals surface area contributed by atoms with E-state index < -0.39 is 0 Å². The summed E-state index contributed by atoms with van der Waals surface area (Å²) in [6, 6.07) is 7.36. The van der Waals surface area contributed by atoms with Gasteiger partial charge in [-0.2, -0.15) is 0 Å². The van der Waals surface area contributed by atoms with Crippen molar-refractivity contribution in [3.63, 3.8) is 0 Å². The molecule has 2 heteroatoms. The molecule has 1 aromatic carbocycles. The Morgan fingerprint density at radius 2 is 1.94 bits per heavy atom. The van der Waals surface area contributed by atoms with Crippen molar-refractivity contribution < 1.29 is 4.74 Å². The smallest absolute Gasteiger partial charge is 0.0872 e. The number of hydrogen-bond acceptors (Lipinski definition) is 2. The molecule has 3 rings (SSSR count). The fourth-order valence-electron chi connectivity index (χ4n) is 3.64. The normalized spacial score (nSPS) is 22.3. The van der Waals surface area contributed by atoms with Gasteiger partial charge in [0.25, 0.3) is 0 Å². The number of fused-ring (bicyclic) bond motifs is 1. The Kier molecular flexibility index (Phi) is 3.16. The largest absolute Gasteiger partial charge is 0.376 e. The van der Waals surface area contributed by atoms with E-state index in [1.807, 2.05) is 7.11 Å². The SMILES string of the molecule is CNC(c1ccc2c(c1)CCC2)C1(OC)CCC1. The lowest BCUT2D eigenvalue weighted by atomic mass is 9.72. The molecule has 1 N–H and O–H groups in total. The highest BCUT2D eigenvalue weighted by atomic mass is 16.5. The van der Waals surface area contributed by atoms with Crippen molar-refractivity contribution in [3.8, 4) is 0 Å². The van der Waals surface area contributed by atoms with Gasteiger partial charge in [-0.15, -0.1) is 0 Å². The van der Waals surface area contributed by atoms with Crippen LogP contribution >= 0.6 is 0 Å². The van der Waals surface area contributed by atoms with Crippen LogP contribution in [0.3, 0.4) is 0 Å². The number of likely N-dealkylation sites (N-methyl/N-ethyl adjacent to an activating group) is 1. The molecule has 2 aliphatic carbocycles. The Balaban J connectivity index is 1.92. The lowest BCUT2D eigenvalue weighted by Gasteiger charge is -2.46. The lowest BCUT2D eigenvalue weighted by molar-refractivity contribution is -0.0983. The molecule has 0 amide bonds. The summed E-state index contributed by atoms with van der Waals surface area (Å²) in [5, 5.41) is 3.48. The Labute approximate surface area is 110 Å². The minimum atomic E-state index is 0.0294. The summed E-state index contributed by atoms with van der Waals surface area (Å²) in [6.07, 6.45) is 7.46. The van der Waals surface area contributed by atoms with Crippen molar-refractivity contribution in [2.75, 3.05) is 14.2 Å². The fraction of sp³-hybridized carbons (Fsp3) is 0.625. The molecular weight excluding hydrogens is 222 g/mol. The number of aryl methyl sites for hydroxylation is 2. The molecule has 0 radical (unpaired) electrons. The zero-order chi connectivity index (χ0) is 12.6.